The summed E-state index contributed by atoms with van der Waals surface area (Å²) in [5.74, 6) is -1.91. The molecule has 11 heteroatoms. The molecule has 0 spiro atoms. The smallest absolute Gasteiger partial charge is 0.314 e. The monoisotopic (exact) mass is 404 g/mol. The van der Waals surface area contributed by atoms with Crippen molar-refractivity contribution in [2.45, 2.75) is 13.0 Å². The number of amides is 2. The fraction of sp³-hybridized carbons (Fsp3) is 0.385. The second-order valence-corrected chi connectivity index (χ2v) is 5.97. The van der Waals surface area contributed by atoms with Crippen LogP contribution in [-0.2, 0) is 30.2 Å². The summed E-state index contributed by atoms with van der Waals surface area (Å²) < 4.78 is 29.1. The SMILES string of the molecule is CN(Cc1nn(C)cc1Br)C(=O)C(=O)Nc1cn(C)nc1C(F)F. The third-order valence-corrected chi connectivity index (χ3v) is 3.76. The predicted octanol–water partition coefficient (Wildman–Crippen LogP) is 1.45. The van der Waals surface area contributed by atoms with Crippen LogP contribution in [0.25, 0.3) is 0 Å². The standard InChI is InChI=1S/C13H15BrF2N6O2/c1-20(5-8-7(14)4-21(2)18-8)13(24)12(23)17-9-6-22(3)19-10(9)11(15)16/h4,6,11H,5H2,1-3H3,(H,17,23). The van der Waals surface area contributed by atoms with Gasteiger partial charge in [0.2, 0.25) is 0 Å². The molecule has 130 valence electrons. The number of likely N-dealkylation sites (N-methyl/N-ethyl adjacent to an activating group) is 1. The highest BCUT2D eigenvalue weighted by molar-refractivity contribution is 9.10. The quantitative estimate of drug-likeness (QED) is 0.781. The molecular weight excluding hydrogens is 390 g/mol. The topological polar surface area (TPSA) is 85.0 Å². The highest BCUT2D eigenvalue weighted by atomic mass is 79.9. The Bertz CT molecular complexity index is 773. The number of aryl methyl sites for hydroxylation is 2. The Morgan fingerprint density at radius 2 is 1.92 bits per heavy atom. The van der Waals surface area contributed by atoms with Gasteiger partial charge < -0.3 is 10.2 Å². The second-order valence-electron chi connectivity index (χ2n) is 5.12. The van der Waals surface area contributed by atoms with E-state index in [0.717, 1.165) is 9.58 Å². The number of hydrogen-bond donors (Lipinski definition) is 1. The first kappa shape index (κ1) is 18.0. The van der Waals surface area contributed by atoms with Gasteiger partial charge in [-0.1, -0.05) is 0 Å². The Hall–Kier alpha value is -2.30. The number of aromatic nitrogens is 4. The van der Waals surface area contributed by atoms with E-state index in [1.807, 2.05) is 0 Å². The van der Waals surface area contributed by atoms with Crippen LogP contribution in [0.5, 0.6) is 0 Å². The second kappa shape index (κ2) is 7.07. The van der Waals surface area contributed by atoms with Gasteiger partial charge in [-0.15, -0.1) is 0 Å². The van der Waals surface area contributed by atoms with Crippen molar-refractivity contribution < 1.29 is 18.4 Å². The molecule has 24 heavy (non-hydrogen) atoms. The van der Waals surface area contributed by atoms with Gasteiger partial charge in [-0.3, -0.25) is 19.0 Å². The number of carbonyl (C=O) groups is 2. The number of rotatable bonds is 4. The minimum absolute atomic E-state index is 0.0857. The van der Waals surface area contributed by atoms with Gasteiger partial charge in [-0.25, -0.2) is 8.78 Å². The normalized spacial score (nSPS) is 11.0. The zero-order chi connectivity index (χ0) is 18.0. The van der Waals surface area contributed by atoms with Crippen molar-refractivity contribution in [2.75, 3.05) is 12.4 Å². The van der Waals surface area contributed by atoms with Crippen molar-refractivity contribution in [1.82, 2.24) is 24.5 Å². The van der Waals surface area contributed by atoms with Crippen molar-refractivity contribution in [3.05, 3.63) is 28.3 Å². The van der Waals surface area contributed by atoms with E-state index in [1.54, 1.807) is 17.9 Å². The van der Waals surface area contributed by atoms with E-state index in [9.17, 15) is 18.4 Å². The molecule has 0 aliphatic carbocycles. The third-order valence-electron chi connectivity index (χ3n) is 3.09. The van der Waals surface area contributed by atoms with Crippen molar-refractivity contribution in [3.63, 3.8) is 0 Å². The van der Waals surface area contributed by atoms with E-state index in [2.05, 4.69) is 31.4 Å². The molecule has 2 aromatic heterocycles. The number of nitrogens with zero attached hydrogens (tertiary/aromatic N) is 5. The average Bonchev–Trinajstić information content (AvgIpc) is 3.00. The van der Waals surface area contributed by atoms with Crippen molar-refractivity contribution in [2.24, 2.45) is 14.1 Å². The fourth-order valence-corrected chi connectivity index (χ4v) is 2.52. The Labute approximate surface area is 144 Å². The predicted molar refractivity (Wildman–Crippen MR) is 84.2 cm³/mol. The molecule has 0 saturated carbocycles. The summed E-state index contributed by atoms with van der Waals surface area (Å²) >= 11 is 3.30. The summed E-state index contributed by atoms with van der Waals surface area (Å²) in [7, 11) is 4.57. The van der Waals surface area contributed by atoms with E-state index in [1.165, 1.54) is 20.3 Å². The van der Waals surface area contributed by atoms with E-state index in [4.69, 9.17) is 0 Å². The molecule has 0 aliphatic rings. The van der Waals surface area contributed by atoms with Gasteiger partial charge >= 0.3 is 11.8 Å². The third kappa shape index (κ3) is 3.96. The van der Waals surface area contributed by atoms with E-state index >= 15 is 0 Å². The van der Waals surface area contributed by atoms with Crippen LogP contribution in [0.15, 0.2) is 16.9 Å². The number of carbonyl (C=O) groups excluding carboxylic acids is 2. The lowest BCUT2D eigenvalue weighted by atomic mass is 10.3. The first-order valence-corrected chi connectivity index (χ1v) is 7.54. The Morgan fingerprint density at radius 1 is 1.29 bits per heavy atom. The average molecular weight is 405 g/mol. The van der Waals surface area contributed by atoms with Crippen LogP contribution in [0.2, 0.25) is 0 Å². The molecule has 0 aliphatic heterocycles. The van der Waals surface area contributed by atoms with Crippen LogP contribution >= 0.6 is 15.9 Å². The number of nitrogens with one attached hydrogen (secondary N) is 1. The zero-order valence-corrected chi connectivity index (χ0v) is 14.7. The zero-order valence-electron chi connectivity index (χ0n) is 13.1. The van der Waals surface area contributed by atoms with Gasteiger partial charge in [0.1, 0.15) is 0 Å². The summed E-state index contributed by atoms with van der Waals surface area (Å²) in [6.07, 6.45) is 0.0547. The van der Waals surface area contributed by atoms with Gasteiger partial charge in [0, 0.05) is 33.5 Å². The number of hydrogen-bond acceptors (Lipinski definition) is 4. The van der Waals surface area contributed by atoms with Crippen molar-refractivity contribution >= 4 is 33.4 Å². The largest absolute Gasteiger partial charge is 0.331 e. The van der Waals surface area contributed by atoms with Gasteiger partial charge in [-0.2, -0.15) is 10.2 Å². The molecule has 0 atom stereocenters. The first-order chi connectivity index (χ1) is 11.2. The molecule has 2 amide bonds. The van der Waals surface area contributed by atoms with Crippen LogP contribution in [0.4, 0.5) is 14.5 Å². The molecule has 2 aromatic rings. The lowest BCUT2D eigenvalue weighted by molar-refractivity contribution is -0.142. The Morgan fingerprint density at radius 3 is 2.46 bits per heavy atom. The molecule has 0 aromatic carbocycles. The van der Waals surface area contributed by atoms with Crippen LogP contribution in [-0.4, -0.2) is 43.3 Å². The van der Waals surface area contributed by atoms with Gasteiger partial charge in [0.15, 0.2) is 5.69 Å². The molecule has 0 radical (unpaired) electrons. The summed E-state index contributed by atoms with van der Waals surface area (Å²) in [4.78, 5) is 25.2. The molecule has 0 bridgehead atoms. The minimum Gasteiger partial charge on any atom is -0.331 e. The minimum atomic E-state index is -2.86. The highest BCUT2D eigenvalue weighted by Crippen LogP contribution is 2.25. The lowest BCUT2D eigenvalue weighted by Gasteiger charge is -2.15. The Balaban J connectivity index is 2.06. The lowest BCUT2D eigenvalue weighted by Crippen LogP contribution is -2.37. The number of alkyl halides is 2. The molecule has 0 saturated heterocycles. The highest BCUT2D eigenvalue weighted by Gasteiger charge is 2.24. The molecule has 8 nitrogen and oxygen atoms in total. The molecule has 2 rings (SSSR count). The number of anilines is 1. The van der Waals surface area contributed by atoms with Crippen molar-refractivity contribution in [3.8, 4) is 0 Å². The molecule has 2 heterocycles. The summed E-state index contributed by atoms with van der Waals surface area (Å²) in [6, 6.07) is 0. The molecular formula is C13H15BrF2N6O2. The molecule has 0 unspecified atom stereocenters. The summed E-state index contributed by atoms with van der Waals surface area (Å²) in [6.45, 7) is 0.0857. The van der Waals surface area contributed by atoms with Gasteiger partial charge in [0.25, 0.3) is 6.43 Å². The maximum atomic E-state index is 12.8. The van der Waals surface area contributed by atoms with Gasteiger partial charge in [-0.05, 0) is 15.9 Å². The van der Waals surface area contributed by atoms with E-state index < -0.39 is 23.9 Å². The van der Waals surface area contributed by atoms with Crippen molar-refractivity contribution in [1.29, 1.82) is 0 Å². The van der Waals surface area contributed by atoms with E-state index in [-0.39, 0.29) is 12.2 Å². The maximum absolute atomic E-state index is 12.8. The summed E-state index contributed by atoms with van der Waals surface area (Å²) in [5.41, 5.74) is -0.220. The maximum Gasteiger partial charge on any atom is 0.314 e. The van der Waals surface area contributed by atoms with Crippen LogP contribution in [0.3, 0.4) is 0 Å². The fourth-order valence-electron chi connectivity index (χ4n) is 2.02. The van der Waals surface area contributed by atoms with Crippen LogP contribution in [0.1, 0.15) is 17.8 Å². The molecule has 0 fully saturated rings. The molecule has 1 N–H and O–H groups in total. The first-order valence-electron chi connectivity index (χ1n) is 6.75. The van der Waals surface area contributed by atoms with E-state index in [0.29, 0.717) is 10.2 Å². The Kier molecular flexibility index (Phi) is 5.32. The van der Waals surface area contributed by atoms with Crippen LogP contribution < -0.4 is 5.32 Å². The van der Waals surface area contributed by atoms with Gasteiger partial charge in [0.05, 0.1) is 22.4 Å². The number of halogens is 3. The van der Waals surface area contributed by atoms with Crippen LogP contribution in [0, 0.1) is 0 Å². The summed E-state index contributed by atoms with van der Waals surface area (Å²) in [5, 5.41) is 9.87.